The Kier molecular flexibility index (Phi) is 4.48. The van der Waals surface area contributed by atoms with Gasteiger partial charge in [-0.05, 0) is 49.9 Å². The molecule has 1 aromatic rings. The number of hydrogen-bond acceptors (Lipinski definition) is 3. The highest BCUT2D eigenvalue weighted by Gasteiger charge is 2.50. The Labute approximate surface area is 131 Å². The average molecular weight is 305 g/mol. The first-order valence-electron chi connectivity index (χ1n) is 8.24. The third-order valence-corrected chi connectivity index (χ3v) is 5.32. The zero-order valence-electron chi connectivity index (χ0n) is 13.3. The first kappa shape index (κ1) is 15.5. The number of hydrogen-bond donors (Lipinski definition) is 0. The minimum Gasteiger partial charge on any atom is -0.469 e. The maximum Gasteiger partial charge on any atom is 0.310 e. The van der Waals surface area contributed by atoms with Crippen molar-refractivity contribution in [3.63, 3.8) is 0 Å². The fourth-order valence-electron chi connectivity index (χ4n) is 4.43. The molecule has 2 aliphatic rings. The minimum atomic E-state index is -0.232. The molecule has 2 saturated heterocycles. The first-order valence-corrected chi connectivity index (χ1v) is 8.24. The van der Waals surface area contributed by atoms with Crippen molar-refractivity contribution in [3.05, 3.63) is 35.6 Å². The van der Waals surface area contributed by atoms with Crippen molar-refractivity contribution in [1.82, 2.24) is 4.90 Å². The van der Waals surface area contributed by atoms with Gasteiger partial charge in [0.15, 0.2) is 0 Å². The van der Waals surface area contributed by atoms with Crippen molar-refractivity contribution < 1.29 is 13.9 Å². The van der Waals surface area contributed by atoms with Gasteiger partial charge >= 0.3 is 5.97 Å². The summed E-state index contributed by atoms with van der Waals surface area (Å²) in [7, 11) is 1.47. The summed E-state index contributed by atoms with van der Waals surface area (Å²) in [6.07, 6.45) is 4.27. The molecule has 0 unspecified atom stereocenters. The number of esters is 1. The molecule has 0 amide bonds. The Morgan fingerprint density at radius 1 is 1.32 bits per heavy atom. The molecule has 3 rings (SSSR count). The monoisotopic (exact) mass is 305 g/mol. The molecular weight excluding hydrogens is 281 g/mol. The average Bonchev–Trinajstić information content (AvgIpc) is 2.80. The topological polar surface area (TPSA) is 29.5 Å². The van der Waals surface area contributed by atoms with Crippen LogP contribution in [0, 0.1) is 11.7 Å². The molecule has 4 atom stereocenters. The van der Waals surface area contributed by atoms with Crippen LogP contribution in [0.25, 0.3) is 0 Å². The third kappa shape index (κ3) is 2.65. The summed E-state index contributed by atoms with van der Waals surface area (Å²) in [5.41, 5.74) is 1.06. The molecule has 0 aliphatic carbocycles. The van der Waals surface area contributed by atoms with Gasteiger partial charge in [0.25, 0.3) is 0 Å². The number of ether oxygens (including phenoxy) is 1. The van der Waals surface area contributed by atoms with Crippen molar-refractivity contribution in [1.29, 1.82) is 0 Å². The van der Waals surface area contributed by atoms with E-state index >= 15 is 0 Å². The number of rotatable bonds is 4. The van der Waals surface area contributed by atoms with Gasteiger partial charge in [-0.2, -0.15) is 0 Å². The van der Waals surface area contributed by atoms with Crippen LogP contribution in [0.3, 0.4) is 0 Å². The van der Waals surface area contributed by atoms with Crippen LogP contribution in [0.2, 0.25) is 0 Å². The number of benzene rings is 1. The minimum absolute atomic E-state index is 0.124. The molecule has 1 aromatic carbocycles. The molecule has 0 radical (unpaired) electrons. The van der Waals surface area contributed by atoms with Gasteiger partial charge in [0, 0.05) is 18.0 Å². The van der Waals surface area contributed by atoms with Gasteiger partial charge in [-0.1, -0.05) is 19.1 Å². The summed E-state index contributed by atoms with van der Waals surface area (Å²) in [6, 6.07) is 7.44. The van der Waals surface area contributed by atoms with Crippen LogP contribution >= 0.6 is 0 Å². The Morgan fingerprint density at radius 2 is 2.05 bits per heavy atom. The molecule has 2 heterocycles. The molecule has 22 heavy (non-hydrogen) atoms. The molecule has 0 aromatic heterocycles. The van der Waals surface area contributed by atoms with E-state index in [1.54, 1.807) is 0 Å². The lowest BCUT2D eigenvalue weighted by Gasteiger charge is -2.43. The van der Waals surface area contributed by atoms with Gasteiger partial charge in [-0.3, -0.25) is 9.69 Å². The van der Waals surface area contributed by atoms with Crippen LogP contribution in [0.4, 0.5) is 4.39 Å². The van der Waals surface area contributed by atoms with Gasteiger partial charge in [0.1, 0.15) is 5.82 Å². The summed E-state index contributed by atoms with van der Waals surface area (Å²) in [6.45, 7) is 3.22. The van der Waals surface area contributed by atoms with Crippen molar-refractivity contribution >= 4 is 5.97 Å². The van der Waals surface area contributed by atoms with Crippen LogP contribution in [0.15, 0.2) is 24.3 Å². The first-order chi connectivity index (χ1) is 10.7. The summed E-state index contributed by atoms with van der Waals surface area (Å²) in [5, 5.41) is 0. The van der Waals surface area contributed by atoms with Gasteiger partial charge in [0.2, 0.25) is 0 Å². The Balaban J connectivity index is 1.92. The standard InChI is InChI=1S/C18H24FNO2/c1-3-10-20-14-8-9-16(20)17(18(21)22-2)15(11-14)12-4-6-13(19)7-5-12/h4-7,14-17H,3,8-11H2,1-2H3/t14-,15+,16+,17-/m0/s1. The van der Waals surface area contributed by atoms with E-state index in [-0.39, 0.29) is 29.7 Å². The predicted octanol–water partition coefficient (Wildman–Crippen LogP) is 3.35. The Hall–Kier alpha value is -1.42. The second-order valence-electron chi connectivity index (χ2n) is 6.48. The molecule has 120 valence electrons. The van der Waals surface area contributed by atoms with Crippen LogP contribution in [0.5, 0.6) is 0 Å². The van der Waals surface area contributed by atoms with E-state index in [0.717, 1.165) is 37.8 Å². The second kappa shape index (κ2) is 6.37. The van der Waals surface area contributed by atoms with Gasteiger partial charge in [-0.25, -0.2) is 4.39 Å². The maximum absolute atomic E-state index is 13.2. The highest BCUT2D eigenvalue weighted by atomic mass is 19.1. The van der Waals surface area contributed by atoms with Crippen molar-refractivity contribution in [2.75, 3.05) is 13.7 Å². The zero-order valence-corrected chi connectivity index (χ0v) is 13.3. The summed E-state index contributed by atoms with van der Waals surface area (Å²) in [5.74, 6) is -0.357. The lowest BCUT2D eigenvalue weighted by molar-refractivity contribution is -0.150. The lowest BCUT2D eigenvalue weighted by atomic mass is 9.76. The van der Waals surface area contributed by atoms with Crippen LogP contribution in [-0.4, -0.2) is 36.6 Å². The van der Waals surface area contributed by atoms with Crippen molar-refractivity contribution in [2.45, 2.75) is 50.6 Å². The van der Waals surface area contributed by atoms with Crippen LogP contribution < -0.4 is 0 Å². The third-order valence-electron chi connectivity index (χ3n) is 5.32. The molecule has 2 fully saturated rings. The quantitative estimate of drug-likeness (QED) is 0.799. The van der Waals surface area contributed by atoms with E-state index in [9.17, 15) is 9.18 Å². The zero-order chi connectivity index (χ0) is 15.7. The Bertz CT molecular complexity index is 530. The van der Waals surface area contributed by atoms with Crippen LogP contribution in [0.1, 0.15) is 44.1 Å². The van der Waals surface area contributed by atoms with E-state index in [2.05, 4.69) is 11.8 Å². The maximum atomic E-state index is 13.2. The number of methoxy groups -OCH3 is 1. The molecule has 2 aliphatic heterocycles. The number of fused-ring (bicyclic) bond motifs is 2. The SMILES string of the molecule is CCCN1[C@H]2CC[C@@H]1[C@@H](C(=O)OC)[C@@H](c1ccc(F)cc1)C2. The summed E-state index contributed by atoms with van der Waals surface area (Å²) >= 11 is 0. The number of piperidine rings is 1. The molecular formula is C18H24FNO2. The van der Waals surface area contributed by atoms with Crippen molar-refractivity contribution in [3.8, 4) is 0 Å². The largest absolute Gasteiger partial charge is 0.469 e. The molecule has 3 nitrogen and oxygen atoms in total. The van der Waals surface area contributed by atoms with Gasteiger partial charge in [0.05, 0.1) is 13.0 Å². The highest BCUT2D eigenvalue weighted by molar-refractivity contribution is 5.75. The molecule has 0 spiro atoms. The van der Waals surface area contributed by atoms with Crippen molar-refractivity contribution in [2.24, 2.45) is 5.92 Å². The van der Waals surface area contributed by atoms with E-state index in [0.29, 0.717) is 6.04 Å². The van der Waals surface area contributed by atoms with E-state index < -0.39 is 0 Å². The summed E-state index contributed by atoms with van der Waals surface area (Å²) < 4.78 is 18.3. The normalized spacial score (nSPS) is 31.2. The second-order valence-corrected chi connectivity index (χ2v) is 6.48. The van der Waals surface area contributed by atoms with E-state index in [1.165, 1.54) is 19.2 Å². The molecule has 0 saturated carbocycles. The fraction of sp³-hybridized carbons (Fsp3) is 0.611. The van der Waals surface area contributed by atoms with E-state index in [1.807, 2.05) is 12.1 Å². The Morgan fingerprint density at radius 3 is 2.68 bits per heavy atom. The number of carbonyl (C=O) groups excluding carboxylic acids is 1. The van der Waals surface area contributed by atoms with Gasteiger partial charge < -0.3 is 4.74 Å². The predicted molar refractivity (Wildman–Crippen MR) is 83.1 cm³/mol. The number of carbonyl (C=O) groups is 1. The fourth-order valence-corrected chi connectivity index (χ4v) is 4.43. The lowest BCUT2D eigenvalue weighted by Crippen LogP contribution is -2.51. The van der Waals surface area contributed by atoms with E-state index in [4.69, 9.17) is 4.74 Å². The summed E-state index contributed by atoms with van der Waals surface area (Å²) in [4.78, 5) is 14.9. The molecule has 2 bridgehead atoms. The molecule has 0 N–H and O–H groups in total. The van der Waals surface area contributed by atoms with Gasteiger partial charge in [-0.15, -0.1) is 0 Å². The number of nitrogens with zero attached hydrogens (tertiary/aromatic N) is 1. The molecule has 4 heteroatoms. The number of halogens is 1. The smallest absolute Gasteiger partial charge is 0.310 e. The van der Waals surface area contributed by atoms with Crippen LogP contribution in [-0.2, 0) is 9.53 Å². The highest BCUT2D eigenvalue weighted by Crippen LogP contribution is 2.47.